The van der Waals surface area contributed by atoms with Gasteiger partial charge in [0, 0.05) is 32.0 Å². The van der Waals surface area contributed by atoms with E-state index in [9.17, 15) is 4.79 Å². The topological polar surface area (TPSA) is 97.1 Å². The molecule has 0 bridgehead atoms. The summed E-state index contributed by atoms with van der Waals surface area (Å²) in [5.74, 6) is 2.59. The summed E-state index contributed by atoms with van der Waals surface area (Å²) in [6, 6.07) is -0.581. The first kappa shape index (κ1) is 14.5. The minimum Gasteiger partial charge on any atom is -0.383 e. The predicted molar refractivity (Wildman–Crippen MR) is 76.8 cm³/mol. The Hall–Kier alpha value is -1.47. The first-order valence-electron chi connectivity index (χ1n) is 7.64. The highest BCUT2D eigenvalue weighted by Gasteiger charge is 2.32. The lowest BCUT2D eigenvalue weighted by Crippen LogP contribution is -2.49. The van der Waals surface area contributed by atoms with Gasteiger partial charge in [0.1, 0.15) is 11.9 Å². The van der Waals surface area contributed by atoms with Gasteiger partial charge in [-0.2, -0.15) is 5.10 Å². The molecule has 2 unspecified atom stereocenters. The van der Waals surface area contributed by atoms with E-state index in [-0.39, 0.29) is 18.4 Å². The Bertz CT molecular complexity index is 499. The molecule has 0 spiro atoms. The van der Waals surface area contributed by atoms with Crippen molar-refractivity contribution in [3.63, 3.8) is 0 Å². The lowest BCUT2D eigenvalue weighted by atomic mass is 9.97. The van der Waals surface area contributed by atoms with Crippen LogP contribution in [0, 0.1) is 0 Å². The van der Waals surface area contributed by atoms with Crippen LogP contribution in [0.1, 0.15) is 49.2 Å². The normalized spacial score (nSPS) is 24.1. The Balaban J connectivity index is 1.63. The van der Waals surface area contributed by atoms with Gasteiger partial charge < -0.3 is 15.4 Å². The van der Waals surface area contributed by atoms with Crippen LogP contribution in [0.25, 0.3) is 0 Å². The van der Waals surface area contributed by atoms with E-state index in [1.54, 1.807) is 7.11 Å². The van der Waals surface area contributed by atoms with Crippen LogP contribution in [0.4, 0.5) is 0 Å². The van der Waals surface area contributed by atoms with Crippen LogP contribution in [0.3, 0.4) is 0 Å². The molecule has 1 aromatic rings. The zero-order valence-electron chi connectivity index (χ0n) is 12.4. The van der Waals surface area contributed by atoms with Crippen molar-refractivity contribution in [1.82, 2.24) is 20.1 Å². The summed E-state index contributed by atoms with van der Waals surface area (Å²) in [6.07, 6.45) is 4.39. The van der Waals surface area contributed by atoms with Crippen molar-refractivity contribution in [2.24, 2.45) is 5.73 Å². The van der Waals surface area contributed by atoms with Crippen LogP contribution in [-0.2, 0) is 9.53 Å². The third kappa shape index (κ3) is 3.24. The van der Waals surface area contributed by atoms with E-state index >= 15 is 0 Å². The van der Waals surface area contributed by atoms with Crippen molar-refractivity contribution >= 4 is 5.91 Å². The molecule has 0 aromatic carbocycles. The van der Waals surface area contributed by atoms with Crippen molar-refractivity contribution in [1.29, 1.82) is 0 Å². The molecule has 2 heterocycles. The van der Waals surface area contributed by atoms with Gasteiger partial charge in [-0.1, -0.05) is 0 Å². The van der Waals surface area contributed by atoms with Crippen molar-refractivity contribution in [2.45, 2.75) is 43.6 Å². The van der Waals surface area contributed by atoms with Gasteiger partial charge in [0.15, 0.2) is 5.82 Å². The van der Waals surface area contributed by atoms with Crippen LogP contribution in [0.2, 0.25) is 0 Å². The molecule has 7 nitrogen and oxygen atoms in total. The van der Waals surface area contributed by atoms with Crippen molar-refractivity contribution in [3.05, 3.63) is 11.6 Å². The second-order valence-electron chi connectivity index (χ2n) is 6.04. The molecule has 1 aromatic heterocycles. The van der Waals surface area contributed by atoms with E-state index in [2.05, 4.69) is 15.2 Å². The number of amides is 1. The zero-order valence-corrected chi connectivity index (χ0v) is 12.4. The number of nitrogens with zero attached hydrogens (tertiary/aromatic N) is 3. The molecule has 116 valence electrons. The lowest BCUT2D eigenvalue weighted by molar-refractivity contribution is -0.135. The average Bonchev–Trinajstić information content (AvgIpc) is 3.24. The van der Waals surface area contributed by atoms with E-state index < -0.39 is 6.04 Å². The maximum absolute atomic E-state index is 12.3. The summed E-state index contributed by atoms with van der Waals surface area (Å²) in [6.45, 7) is 1.66. The molecule has 7 heteroatoms. The molecule has 1 aliphatic carbocycles. The molecular weight excluding hydrogens is 270 g/mol. The van der Waals surface area contributed by atoms with Gasteiger partial charge in [-0.25, -0.2) is 4.98 Å². The van der Waals surface area contributed by atoms with E-state index in [1.807, 2.05) is 4.90 Å². The van der Waals surface area contributed by atoms with Gasteiger partial charge in [0.25, 0.3) is 0 Å². The first-order valence-corrected chi connectivity index (χ1v) is 7.64. The average molecular weight is 293 g/mol. The summed E-state index contributed by atoms with van der Waals surface area (Å²) in [5, 5.41) is 7.39. The summed E-state index contributed by atoms with van der Waals surface area (Å²) >= 11 is 0. The number of hydrogen-bond acceptors (Lipinski definition) is 5. The number of aromatic nitrogens is 3. The molecule has 2 aliphatic rings. The molecule has 2 atom stereocenters. The fourth-order valence-electron chi connectivity index (χ4n) is 2.88. The fraction of sp³-hybridized carbons (Fsp3) is 0.786. The maximum atomic E-state index is 12.3. The van der Waals surface area contributed by atoms with E-state index in [0.29, 0.717) is 12.5 Å². The number of aromatic amines is 1. The predicted octanol–water partition coefficient (Wildman–Crippen LogP) is 0.362. The number of nitrogens with two attached hydrogens (primary N) is 1. The number of hydrogen-bond donors (Lipinski definition) is 2. The Morgan fingerprint density at radius 1 is 1.48 bits per heavy atom. The quantitative estimate of drug-likeness (QED) is 0.817. The summed E-state index contributed by atoms with van der Waals surface area (Å²) < 4.78 is 4.96. The second kappa shape index (κ2) is 6.11. The molecular formula is C14H23N5O2. The van der Waals surface area contributed by atoms with Crippen molar-refractivity contribution < 1.29 is 9.53 Å². The number of nitrogens with one attached hydrogen (secondary N) is 1. The molecule has 1 saturated heterocycles. The number of carbonyl (C=O) groups excluding carboxylic acids is 1. The molecule has 21 heavy (non-hydrogen) atoms. The van der Waals surface area contributed by atoms with E-state index in [0.717, 1.165) is 31.0 Å². The molecule has 1 aliphatic heterocycles. The van der Waals surface area contributed by atoms with Gasteiger partial charge in [-0.05, 0) is 25.7 Å². The second-order valence-corrected chi connectivity index (χ2v) is 6.04. The number of methoxy groups -OCH3 is 1. The Kier molecular flexibility index (Phi) is 4.21. The van der Waals surface area contributed by atoms with Crippen LogP contribution < -0.4 is 5.73 Å². The van der Waals surface area contributed by atoms with Gasteiger partial charge in [0.2, 0.25) is 5.91 Å². The monoisotopic (exact) mass is 293 g/mol. The lowest BCUT2D eigenvalue weighted by Gasteiger charge is -2.33. The minimum atomic E-state index is -0.581. The molecule has 3 rings (SSSR count). The number of rotatable bonds is 5. The van der Waals surface area contributed by atoms with Gasteiger partial charge in [0.05, 0.1) is 6.61 Å². The summed E-state index contributed by atoms with van der Waals surface area (Å²) in [5.41, 5.74) is 5.84. The number of carbonyl (C=O) groups is 1. The zero-order chi connectivity index (χ0) is 14.8. The Morgan fingerprint density at radius 2 is 2.29 bits per heavy atom. The molecule has 0 radical (unpaired) electrons. The summed E-state index contributed by atoms with van der Waals surface area (Å²) in [4.78, 5) is 18.7. The number of ether oxygens (including phenoxy) is 1. The highest BCUT2D eigenvalue weighted by molar-refractivity contribution is 5.82. The third-order valence-electron chi connectivity index (χ3n) is 4.25. The Morgan fingerprint density at radius 3 is 3.00 bits per heavy atom. The van der Waals surface area contributed by atoms with Crippen molar-refractivity contribution in [3.8, 4) is 0 Å². The summed E-state index contributed by atoms with van der Waals surface area (Å²) in [7, 11) is 1.55. The molecule has 1 amide bonds. The fourth-order valence-corrected chi connectivity index (χ4v) is 2.88. The first-order chi connectivity index (χ1) is 10.2. The standard InChI is InChI=1S/C14H23N5O2/c1-21-8-11(15)14(20)19-6-2-3-10(7-19)13-16-12(17-18-13)9-4-5-9/h9-11H,2-8,15H2,1H3,(H,16,17,18). The molecule has 1 saturated carbocycles. The van der Waals surface area contributed by atoms with Crippen LogP contribution in [0.5, 0.6) is 0 Å². The Labute approximate surface area is 124 Å². The highest BCUT2D eigenvalue weighted by Crippen LogP contribution is 2.38. The maximum Gasteiger partial charge on any atom is 0.241 e. The van der Waals surface area contributed by atoms with E-state index in [4.69, 9.17) is 10.5 Å². The van der Waals surface area contributed by atoms with Crippen molar-refractivity contribution in [2.75, 3.05) is 26.8 Å². The number of piperidine rings is 1. The molecule has 3 N–H and O–H groups in total. The minimum absolute atomic E-state index is 0.0421. The van der Waals surface area contributed by atoms with Crippen LogP contribution >= 0.6 is 0 Å². The van der Waals surface area contributed by atoms with Gasteiger partial charge >= 0.3 is 0 Å². The largest absolute Gasteiger partial charge is 0.383 e. The van der Waals surface area contributed by atoms with Gasteiger partial charge in [-0.3, -0.25) is 9.89 Å². The smallest absolute Gasteiger partial charge is 0.241 e. The van der Waals surface area contributed by atoms with Crippen LogP contribution in [0.15, 0.2) is 0 Å². The highest BCUT2D eigenvalue weighted by atomic mass is 16.5. The van der Waals surface area contributed by atoms with Gasteiger partial charge in [-0.15, -0.1) is 0 Å². The molecule has 2 fully saturated rings. The number of H-pyrrole nitrogens is 1. The number of likely N-dealkylation sites (tertiary alicyclic amines) is 1. The third-order valence-corrected chi connectivity index (χ3v) is 4.25. The SMILES string of the molecule is COCC(N)C(=O)N1CCCC(c2n[nH]c(C3CC3)n2)C1. The van der Waals surface area contributed by atoms with E-state index in [1.165, 1.54) is 12.8 Å². The van der Waals surface area contributed by atoms with Crippen LogP contribution in [-0.4, -0.2) is 58.8 Å².